The number of fused-ring (bicyclic) bond motifs is 1. The standard InChI is InChI=1S/C25H20ClNO4/c1-2-30-25(29)24-20-10-6-7-13-27(20)21(15-28)23(24)18-11-12-22(19(26)14-18)31-16-17-8-4-3-5-9-17/h3-15H,2,16H2,1H3. The minimum absolute atomic E-state index is 0.228. The van der Waals surface area contributed by atoms with E-state index in [2.05, 4.69) is 0 Å². The average molecular weight is 434 g/mol. The molecule has 0 radical (unpaired) electrons. The van der Waals surface area contributed by atoms with Gasteiger partial charge in [-0.1, -0.05) is 54.1 Å². The summed E-state index contributed by atoms with van der Waals surface area (Å²) in [7, 11) is 0. The van der Waals surface area contributed by atoms with Crippen molar-refractivity contribution in [2.75, 3.05) is 6.61 Å². The number of aldehydes is 1. The van der Waals surface area contributed by atoms with Gasteiger partial charge in [0.25, 0.3) is 0 Å². The lowest BCUT2D eigenvalue weighted by Gasteiger charge is -2.11. The summed E-state index contributed by atoms with van der Waals surface area (Å²) in [6, 6.07) is 20.4. The zero-order valence-corrected chi connectivity index (χ0v) is 17.6. The van der Waals surface area contributed by atoms with Crippen LogP contribution in [0.2, 0.25) is 5.02 Å². The Bertz CT molecular complexity index is 1250. The molecule has 0 aliphatic rings. The van der Waals surface area contributed by atoms with Crippen molar-refractivity contribution in [1.29, 1.82) is 0 Å². The van der Waals surface area contributed by atoms with E-state index in [1.807, 2.05) is 36.4 Å². The number of carbonyl (C=O) groups excluding carboxylic acids is 2. The lowest BCUT2D eigenvalue weighted by Crippen LogP contribution is -2.06. The molecule has 0 aliphatic carbocycles. The topological polar surface area (TPSA) is 57.0 Å². The molecule has 0 amide bonds. The van der Waals surface area contributed by atoms with Crippen LogP contribution in [0.3, 0.4) is 0 Å². The van der Waals surface area contributed by atoms with Crippen molar-refractivity contribution in [2.24, 2.45) is 0 Å². The third-order valence-corrected chi connectivity index (χ3v) is 5.23. The van der Waals surface area contributed by atoms with Crippen LogP contribution in [0, 0.1) is 0 Å². The van der Waals surface area contributed by atoms with Gasteiger partial charge in [-0.2, -0.15) is 0 Å². The monoisotopic (exact) mass is 433 g/mol. The van der Waals surface area contributed by atoms with E-state index in [4.69, 9.17) is 21.1 Å². The summed E-state index contributed by atoms with van der Waals surface area (Å²) < 4.78 is 12.8. The molecule has 5 nitrogen and oxygen atoms in total. The Morgan fingerprint density at radius 1 is 1.06 bits per heavy atom. The first-order chi connectivity index (χ1) is 15.1. The summed E-state index contributed by atoms with van der Waals surface area (Å²) in [6.45, 7) is 2.35. The molecule has 0 N–H and O–H groups in total. The van der Waals surface area contributed by atoms with Gasteiger partial charge >= 0.3 is 5.97 Å². The van der Waals surface area contributed by atoms with Gasteiger partial charge in [0.05, 0.1) is 28.4 Å². The van der Waals surface area contributed by atoms with Gasteiger partial charge in [-0.05, 0) is 42.3 Å². The highest BCUT2D eigenvalue weighted by molar-refractivity contribution is 6.32. The van der Waals surface area contributed by atoms with Gasteiger partial charge in [0.1, 0.15) is 12.4 Å². The maximum absolute atomic E-state index is 12.8. The van der Waals surface area contributed by atoms with Crippen molar-refractivity contribution >= 4 is 29.4 Å². The lowest BCUT2D eigenvalue weighted by molar-refractivity contribution is 0.0529. The fourth-order valence-corrected chi connectivity index (χ4v) is 3.80. The summed E-state index contributed by atoms with van der Waals surface area (Å²) in [5, 5.41) is 0.385. The maximum Gasteiger partial charge on any atom is 0.340 e. The van der Waals surface area contributed by atoms with Crippen LogP contribution in [0.5, 0.6) is 5.75 Å². The molecule has 2 aromatic heterocycles. The molecule has 0 aliphatic heterocycles. The molecule has 0 bridgehead atoms. The molecule has 0 saturated heterocycles. The SMILES string of the molecule is CCOC(=O)c1c(-c2ccc(OCc3ccccc3)c(Cl)c2)c(C=O)n2ccccc12. The van der Waals surface area contributed by atoms with Crippen LogP contribution in [-0.4, -0.2) is 23.3 Å². The predicted octanol–water partition coefficient (Wildman–Crippen LogP) is 5.83. The molecule has 2 aromatic carbocycles. The molecule has 6 heteroatoms. The zero-order chi connectivity index (χ0) is 21.8. The van der Waals surface area contributed by atoms with Crippen LogP contribution < -0.4 is 4.74 Å². The lowest BCUT2D eigenvalue weighted by atomic mass is 10.0. The number of esters is 1. The first kappa shape index (κ1) is 20.7. The smallest absolute Gasteiger partial charge is 0.340 e. The molecule has 0 spiro atoms. The maximum atomic E-state index is 12.8. The number of rotatable bonds is 7. The zero-order valence-electron chi connectivity index (χ0n) is 16.9. The second-order valence-electron chi connectivity index (χ2n) is 6.85. The highest BCUT2D eigenvalue weighted by atomic mass is 35.5. The Morgan fingerprint density at radius 3 is 2.55 bits per heavy atom. The molecule has 156 valence electrons. The van der Waals surface area contributed by atoms with Crippen molar-refractivity contribution in [3.8, 4) is 16.9 Å². The predicted molar refractivity (Wildman–Crippen MR) is 120 cm³/mol. The number of nitrogens with zero attached hydrogens (tertiary/aromatic N) is 1. The fraction of sp³-hybridized carbons (Fsp3) is 0.120. The Labute approximate surface area is 184 Å². The van der Waals surface area contributed by atoms with Crippen LogP contribution >= 0.6 is 11.6 Å². The molecule has 4 aromatic rings. The van der Waals surface area contributed by atoms with Crippen molar-refractivity contribution in [1.82, 2.24) is 4.40 Å². The summed E-state index contributed by atoms with van der Waals surface area (Å²) in [4.78, 5) is 24.8. The van der Waals surface area contributed by atoms with E-state index in [1.54, 1.807) is 47.9 Å². The largest absolute Gasteiger partial charge is 0.487 e. The quantitative estimate of drug-likeness (QED) is 0.272. The van der Waals surface area contributed by atoms with Crippen LogP contribution in [0.15, 0.2) is 72.9 Å². The van der Waals surface area contributed by atoms with E-state index >= 15 is 0 Å². The third kappa shape index (κ3) is 4.05. The van der Waals surface area contributed by atoms with Gasteiger partial charge < -0.3 is 13.9 Å². The van der Waals surface area contributed by atoms with Gasteiger partial charge in [0.2, 0.25) is 0 Å². The molecular formula is C25H20ClNO4. The van der Waals surface area contributed by atoms with Gasteiger partial charge in [0, 0.05) is 11.8 Å². The second kappa shape index (κ2) is 9.06. The number of hydrogen-bond donors (Lipinski definition) is 0. The van der Waals surface area contributed by atoms with Crippen LogP contribution in [0.4, 0.5) is 0 Å². The highest BCUT2D eigenvalue weighted by Crippen LogP contribution is 2.37. The van der Waals surface area contributed by atoms with Gasteiger partial charge in [-0.3, -0.25) is 4.79 Å². The molecule has 31 heavy (non-hydrogen) atoms. The number of carbonyl (C=O) groups is 2. The first-order valence-corrected chi connectivity index (χ1v) is 10.2. The Kier molecular flexibility index (Phi) is 6.05. The fourth-order valence-electron chi connectivity index (χ4n) is 3.56. The number of halogens is 1. The van der Waals surface area contributed by atoms with E-state index in [1.165, 1.54) is 0 Å². The van der Waals surface area contributed by atoms with Gasteiger partial charge in [-0.15, -0.1) is 0 Å². The molecule has 4 rings (SSSR count). The van der Waals surface area contributed by atoms with E-state index in [9.17, 15) is 9.59 Å². The number of benzene rings is 2. The van der Waals surface area contributed by atoms with E-state index in [-0.39, 0.29) is 6.61 Å². The van der Waals surface area contributed by atoms with Crippen molar-refractivity contribution in [3.63, 3.8) is 0 Å². The number of pyridine rings is 1. The highest BCUT2D eigenvalue weighted by Gasteiger charge is 2.25. The number of ether oxygens (including phenoxy) is 2. The molecule has 2 heterocycles. The Hall–Kier alpha value is -3.57. The minimum Gasteiger partial charge on any atom is -0.487 e. The normalized spacial score (nSPS) is 10.8. The van der Waals surface area contributed by atoms with Gasteiger partial charge in [0.15, 0.2) is 6.29 Å². The molecular weight excluding hydrogens is 414 g/mol. The van der Waals surface area contributed by atoms with Crippen LogP contribution in [0.1, 0.15) is 33.3 Å². The van der Waals surface area contributed by atoms with Crippen molar-refractivity contribution in [3.05, 3.63) is 94.8 Å². The third-order valence-electron chi connectivity index (χ3n) is 4.93. The molecule has 0 fully saturated rings. The molecule has 0 atom stereocenters. The molecule has 0 saturated carbocycles. The minimum atomic E-state index is -0.491. The number of aromatic nitrogens is 1. The van der Waals surface area contributed by atoms with E-state index < -0.39 is 5.97 Å². The van der Waals surface area contributed by atoms with Crippen LogP contribution in [0.25, 0.3) is 16.6 Å². The van der Waals surface area contributed by atoms with Crippen molar-refractivity contribution in [2.45, 2.75) is 13.5 Å². The van der Waals surface area contributed by atoms with Gasteiger partial charge in [-0.25, -0.2) is 4.79 Å². The van der Waals surface area contributed by atoms with Crippen LogP contribution in [-0.2, 0) is 11.3 Å². The van der Waals surface area contributed by atoms with E-state index in [0.29, 0.717) is 45.3 Å². The first-order valence-electron chi connectivity index (χ1n) is 9.86. The molecule has 0 unspecified atom stereocenters. The van der Waals surface area contributed by atoms with E-state index in [0.717, 1.165) is 11.8 Å². The number of hydrogen-bond acceptors (Lipinski definition) is 4. The van der Waals surface area contributed by atoms with Crippen molar-refractivity contribution < 1.29 is 19.1 Å². The summed E-state index contributed by atoms with van der Waals surface area (Å²) in [5.41, 5.74) is 3.42. The summed E-state index contributed by atoms with van der Waals surface area (Å²) in [6.07, 6.45) is 2.48. The summed E-state index contributed by atoms with van der Waals surface area (Å²) >= 11 is 6.50. The summed E-state index contributed by atoms with van der Waals surface area (Å²) in [5.74, 6) is 0.0261. The average Bonchev–Trinajstić information content (AvgIpc) is 3.13. The Balaban J connectivity index is 1.77. The second-order valence-corrected chi connectivity index (χ2v) is 7.26. The Morgan fingerprint density at radius 2 is 1.84 bits per heavy atom.